The number of aliphatic imine (C=N–C) groups is 1. The van der Waals surface area contributed by atoms with E-state index in [1.54, 1.807) is 17.6 Å². The van der Waals surface area contributed by atoms with Crippen LogP contribution in [0.2, 0.25) is 0 Å². The maximum atomic E-state index is 13.0. The van der Waals surface area contributed by atoms with Crippen molar-refractivity contribution >= 4 is 34.1 Å². The van der Waals surface area contributed by atoms with Crippen molar-refractivity contribution in [3.05, 3.63) is 70.0 Å². The molecule has 1 amide bonds. The second-order valence-electron chi connectivity index (χ2n) is 6.42. The number of carbonyl (C=O) groups excluding carboxylic acids is 1. The molecule has 1 aromatic carbocycles. The zero-order chi connectivity index (χ0) is 17.9. The molecule has 0 saturated carbocycles. The molecule has 2 aromatic heterocycles. The third-order valence-electron chi connectivity index (χ3n) is 4.48. The van der Waals surface area contributed by atoms with Crippen LogP contribution in [0.5, 0.6) is 0 Å². The number of fused-ring (bicyclic) bond motifs is 1. The Labute approximate surface area is 156 Å². The van der Waals surface area contributed by atoms with Crippen molar-refractivity contribution in [1.82, 2.24) is 0 Å². The first kappa shape index (κ1) is 16.8. The molecule has 3 aromatic rings. The van der Waals surface area contributed by atoms with Gasteiger partial charge in [-0.3, -0.25) is 4.79 Å². The van der Waals surface area contributed by atoms with Gasteiger partial charge in [0, 0.05) is 10.6 Å². The van der Waals surface area contributed by atoms with Gasteiger partial charge in [0.25, 0.3) is 5.91 Å². The number of rotatable bonds is 4. The highest BCUT2D eigenvalue weighted by molar-refractivity contribution is 7.16. The molecule has 0 saturated heterocycles. The second-order valence-corrected chi connectivity index (χ2v) is 7.50. The quantitative estimate of drug-likeness (QED) is 0.619. The van der Waals surface area contributed by atoms with Gasteiger partial charge in [0.15, 0.2) is 0 Å². The van der Waals surface area contributed by atoms with Crippen LogP contribution in [0.4, 0.5) is 10.7 Å². The average molecular weight is 364 g/mol. The van der Waals surface area contributed by atoms with Gasteiger partial charge in [0.2, 0.25) is 0 Å². The van der Waals surface area contributed by atoms with Gasteiger partial charge in [-0.25, -0.2) is 4.99 Å². The Kier molecular flexibility index (Phi) is 4.71. The second kappa shape index (κ2) is 7.30. The van der Waals surface area contributed by atoms with Crippen LogP contribution >= 0.6 is 11.3 Å². The molecule has 0 atom stereocenters. The highest BCUT2D eigenvalue weighted by atomic mass is 32.1. The number of anilines is 1. The number of para-hydroxylation sites is 1. The minimum absolute atomic E-state index is 0.0848. The Morgan fingerprint density at radius 2 is 1.96 bits per heavy atom. The van der Waals surface area contributed by atoms with Crippen molar-refractivity contribution in [2.45, 2.75) is 32.6 Å². The number of carbonyl (C=O) groups is 1. The molecule has 1 aliphatic carbocycles. The highest BCUT2D eigenvalue weighted by Crippen LogP contribution is 2.40. The first-order chi connectivity index (χ1) is 12.7. The number of nitrogens with zero attached hydrogens (tertiary/aromatic N) is 1. The van der Waals surface area contributed by atoms with Gasteiger partial charge in [0.05, 0.1) is 11.8 Å². The summed E-state index contributed by atoms with van der Waals surface area (Å²) in [5, 5.41) is 3.77. The molecule has 0 unspecified atom stereocenters. The Hall–Kier alpha value is -2.66. The van der Waals surface area contributed by atoms with Crippen LogP contribution in [0.3, 0.4) is 0 Å². The standard InChI is InChI=1S/C21H20N2O2S/c1-14-11-12-16(25-14)13-22-21-19(17-9-5-6-10-18(17)26-21)20(24)23-15-7-3-2-4-8-15/h2-4,7-8,11-13H,5-6,9-10H2,1H3,(H,23,24). The number of thiophene rings is 1. The van der Waals surface area contributed by atoms with E-state index in [9.17, 15) is 4.79 Å². The first-order valence-electron chi connectivity index (χ1n) is 8.82. The number of nitrogens with one attached hydrogen (secondary N) is 1. The highest BCUT2D eigenvalue weighted by Gasteiger charge is 2.25. The van der Waals surface area contributed by atoms with Crippen LogP contribution in [-0.2, 0) is 12.8 Å². The molecule has 26 heavy (non-hydrogen) atoms. The van der Waals surface area contributed by atoms with Crippen LogP contribution in [0.1, 0.15) is 45.2 Å². The molecule has 1 N–H and O–H groups in total. The van der Waals surface area contributed by atoms with Crippen molar-refractivity contribution in [1.29, 1.82) is 0 Å². The summed E-state index contributed by atoms with van der Waals surface area (Å²) in [5.74, 6) is 1.46. The molecule has 4 rings (SSSR count). The molecule has 2 heterocycles. The van der Waals surface area contributed by atoms with E-state index < -0.39 is 0 Å². The van der Waals surface area contributed by atoms with Gasteiger partial charge in [0.1, 0.15) is 16.5 Å². The SMILES string of the molecule is Cc1ccc(C=Nc2sc3c(c2C(=O)Nc2ccccc2)CCCC3)o1. The van der Waals surface area contributed by atoms with Crippen molar-refractivity contribution in [2.75, 3.05) is 5.32 Å². The predicted molar refractivity (Wildman–Crippen MR) is 106 cm³/mol. The van der Waals surface area contributed by atoms with Crippen molar-refractivity contribution in [2.24, 2.45) is 4.99 Å². The molecule has 5 heteroatoms. The fourth-order valence-corrected chi connectivity index (χ4v) is 4.47. The van der Waals surface area contributed by atoms with Crippen molar-refractivity contribution in [3.8, 4) is 0 Å². The van der Waals surface area contributed by atoms with Crippen LogP contribution < -0.4 is 5.32 Å². The molecule has 0 fully saturated rings. The van der Waals surface area contributed by atoms with E-state index in [0.717, 1.165) is 41.3 Å². The summed E-state index contributed by atoms with van der Waals surface area (Å²) < 4.78 is 5.56. The third kappa shape index (κ3) is 3.48. The van der Waals surface area contributed by atoms with Crippen LogP contribution in [-0.4, -0.2) is 12.1 Å². The average Bonchev–Trinajstić information content (AvgIpc) is 3.23. The van der Waals surface area contributed by atoms with E-state index in [-0.39, 0.29) is 5.91 Å². The van der Waals surface area contributed by atoms with Crippen molar-refractivity contribution in [3.63, 3.8) is 0 Å². The van der Waals surface area contributed by atoms with Crippen LogP contribution in [0.25, 0.3) is 0 Å². The van der Waals surface area contributed by atoms with E-state index in [4.69, 9.17) is 4.42 Å². The Balaban J connectivity index is 1.68. The first-order valence-corrected chi connectivity index (χ1v) is 9.64. The van der Waals surface area contributed by atoms with Gasteiger partial charge < -0.3 is 9.73 Å². The molecule has 0 radical (unpaired) electrons. The van der Waals surface area contributed by atoms with Crippen LogP contribution in [0.15, 0.2) is 51.9 Å². The molecule has 0 spiro atoms. The lowest BCUT2D eigenvalue weighted by Crippen LogP contribution is -2.14. The fraction of sp³-hybridized carbons (Fsp3) is 0.238. The predicted octanol–water partition coefficient (Wildman–Crippen LogP) is 5.53. The Morgan fingerprint density at radius 1 is 1.15 bits per heavy atom. The molecule has 132 valence electrons. The van der Waals surface area contributed by atoms with Gasteiger partial charge >= 0.3 is 0 Å². The van der Waals surface area contributed by atoms with Gasteiger partial charge in [-0.15, -0.1) is 11.3 Å². The summed E-state index contributed by atoms with van der Waals surface area (Å²) in [6.07, 6.45) is 5.97. The van der Waals surface area contributed by atoms with Gasteiger partial charge in [-0.05, 0) is 62.4 Å². The molecule has 4 nitrogen and oxygen atoms in total. The summed E-state index contributed by atoms with van der Waals surface area (Å²) in [6.45, 7) is 1.90. The smallest absolute Gasteiger partial charge is 0.259 e. The number of benzene rings is 1. The largest absolute Gasteiger partial charge is 0.460 e. The number of furan rings is 1. The number of amides is 1. The van der Waals surface area contributed by atoms with E-state index in [1.165, 1.54) is 11.3 Å². The topological polar surface area (TPSA) is 54.6 Å². The number of aryl methyl sites for hydroxylation is 2. The lowest BCUT2D eigenvalue weighted by molar-refractivity contribution is 0.102. The number of hydrogen-bond acceptors (Lipinski definition) is 4. The van der Waals surface area contributed by atoms with Gasteiger partial charge in [-0.2, -0.15) is 0 Å². The molecule has 1 aliphatic rings. The lowest BCUT2D eigenvalue weighted by Gasteiger charge is -2.12. The Bertz CT molecular complexity index is 954. The van der Waals surface area contributed by atoms with E-state index in [1.807, 2.05) is 49.4 Å². The third-order valence-corrected chi connectivity index (χ3v) is 5.68. The summed E-state index contributed by atoms with van der Waals surface area (Å²) in [7, 11) is 0. The van der Waals surface area contributed by atoms with Crippen molar-refractivity contribution < 1.29 is 9.21 Å². The minimum Gasteiger partial charge on any atom is -0.460 e. The number of hydrogen-bond donors (Lipinski definition) is 1. The van der Waals surface area contributed by atoms with Gasteiger partial charge in [-0.1, -0.05) is 18.2 Å². The summed E-state index contributed by atoms with van der Waals surface area (Å²) in [4.78, 5) is 18.9. The van der Waals surface area contributed by atoms with E-state index >= 15 is 0 Å². The van der Waals surface area contributed by atoms with E-state index in [2.05, 4.69) is 10.3 Å². The minimum atomic E-state index is -0.0848. The maximum Gasteiger partial charge on any atom is 0.259 e. The molecular formula is C21H20N2O2S. The zero-order valence-corrected chi connectivity index (χ0v) is 15.4. The summed E-state index contributed by atoms with van der Waals surface area (Å²) in [5.41, 5.74) is 2.68. The monoisotopic (exact) mass is 364 g/mol. The van der Waals surface area contributed by atoms with E-state index in [0.29, 0.717) is 11.3 Å². The van der Waals surface area contributed by atoms with Crippen LogP contribution in [0, 0.1) is 6.92 Å². The summed E-state index contributed by atoms with van der Waals surface area (Å²) >= 11 is 1.63. The molecular weight excluding hydrogens is 344 g/mol. The Morgan fingerprint density at radius 3 is 2.73 bits per heavy atom. The zero-order valence-electron chi connectivity index (χ0n) is 14.6. The fourth-order valence-electron chi connectivity index (χ4n) is 3.24. The normalized spacial score (nSPS) is 13.7. The molecule has 0 aliphatic heterocycles. The lowest BCUT2D eigenvalue weighted by atomic mass is 9.95. The summed E-state index contributed by atoms with van der Waals surface area (Å²) in [6, 6.07) is 13.3. The molecule has 0 bridgehead atoms. The maximum absolute atomic E-state index is 13.0.